The number of halogens is 1. The van der Waals surface area contributed by atoms with E-state index in [9.17, 15) is 4.79 Å². The van der Waals surface area contributed by atoms with E-state index < -0.39 is 0 Å². The van der Waals surface area contributed by atoms with Gasteiger partial charge in [0.2, 0.25) is 0 Å². The molecule has 1 saturated heterocycles. The van der Waals surface area contributed by atoms with E-state index in [0.717, 1.165) is 35.0 Å². The average Bonchev–Trinajstić information content (AvgIpc) is 2.57. The monoisotopic (exact) mass is 375 g/mol. The second kappa shape index (κ2) is 7.08. The molecule has 5 nitrogen and oxygen atoms in total. The minimum atomic E-state index is -0.0701. The summed E-state index contributed by atoms with van der Waals surface area (Å²) in [6.07, 6.45) is 5.05. The predicted octanol–water partition coefficient (Wildman–Crippen LogP) is 3.23. The second-order valence-corrected chi connectivity index (χ2v) is 6.60. The van der Waals surface area contributed by atoms with Crippen LogP contribution in [0, 0.1) is 6.92 Å². The van der Waals surface area contributed by atoms with Crippen molar-refractivity contribution in [2.24, 2.45) is 0 Å². The molecule has 0 saturated carbocycles. The van der Waals surface area contributed by atoms with Gasteiger partial charge in [-0.25, -0.2) is 9.97 Å². The molecule has 1 aromatic heterocycles. The van der Waals surface area contributed by atoms with Crippen molar-refractivity contribution >= 4 is 21.8 Å². The van der Waals surface area contributed by atoms with Crippen molar-refractivity contribution in [1.29, 1.82) is 0 Å². The smallest absolute Gasteiger partial charge is 0.316 e. The molecule has 1 aliphatic rings. The van der Waals surface area contributed by atoms with E-state index in [2.05, 4.69) is 25.9 Å². The topological polar surface area (TPSA) is 55.3 Å². The number of aromatic nitrogens is 2. The number of likely N-dealkylation sites (tertiary alicyclic amines) is 1. The van der Waals surface area contributed by atoms with E-state index in [1.54, 1.807) is 12.4 Å². The lowest BCUT2D eigenvalue weighted by atomic mass is 10.1. The fourth-order valence-corrected chi connectivity index (χ4v) is 2.81. The number of carbonyl (C=O) groups excluding carboxylic acids is 1. The molecule has 1 aliphatic heterocycles. The van der Waals surface area contributed by atoms with Gasteiger partial charge < -0.3 is 9.64 Å². The van der Waals surface area contributed by atoms with Crippen molar-refractivity contribution in [2.75, 3.05) is 13.1 Å². The summed E-state index contributed by atoms with van der Waals surface area (Å²) in [4.78, 5) is 22.7. The Morgan fingerprint density at radius 3 is 2.65 bits per heavy atom. The number of nitrogens with zero attached hydrogens (tertiary/aromatic N) is 3. The van der Waals surface area contributed by atoms with Gasteiger partial charge in [-0.15, -0.1) is 0 Å². The van der Waals surface area contributed by atoms with Gasteiger partial charge in [0.05, 0.1) is 11.0 Å². The average molecular weight is 376 g/mol. The minimum Gasteiger partial charge on any atom is -0.458 e. The zero-order valence-corrected chi connectivity index (χ0v) is 14.5. The first kappa shape index (κ1) is 15.9. The van der Waals surface area contributed by atoms with E-state index in [-0.39, 0.29) is 12.0 Å². The summed E-state index contributed by atoms with van der Waals surface area (Å²) in [7, 11) is 0. The third-order valence-electron chi connectivity index (χ3n) is 3.83. The van der Waals surface area contributed by atoms with Crippen LogP contribution in [0.1, 0.15) is 28.8 Å². The summed E-state index contributed by atoms with van der Waals surface area (Å²) >= 11 is 3.30. The van der Waals surface area contributed by atoms with Gasteiger partial charge in [0.15, 0.2) is 0 Å². The number of aryl methyl sites for hydroxylation is 1. The van der Waals surface area contributed by atoms with Crippen LogP contribution < -0.4 is 4.74 Å². The molecule has 3 rings (SSSR count). The lowest BCUT2D eigenvalue weighted by Gasteiger charge is -2.32. The SMILES string of the molecule is Cc1ccc(C(=O)N2CCCC(Oc3ncc(Br)cn3)C2)cc1. The van der Waals surface area contributed by atoms with Crippen LogP contribution in [-0.4, -0.2) is 40.0 Å². The molecule has 2 heterocycles. The molecule has 1 aromatic carbocycles. The van der Waals surface area contributed by atoms with Crippen LogP contribution in [-0.2, 0) is 0 Å². The molecule has 1 unspecified atom stereocenters. The van der Waals surface area contributed by atoms with Crippen LogP contribution in [0.5, 0.6) is 6.01 Å². The fraction of sp³-hybridized carbons (Fsp3) is 0.353. The Labute approximate surface area is 143 Å². The molecule has 0 radical (unpaired) electrons. The number of carbonyl (C=O) groups is 1. The molecular weight excluding hydrogens is 358 g/mol. The Hall–Kier alpha value is -1.95. The van der Waals surface area contributed by atoms with Crippen molar-refractivity contribution in [3.8, 4) is 6.01 Å². The summed E-state index contributed by atoms with van der Waals surface area (Å²) in [6, 6.07) is 8.02. The highest BCUT2D eigenvalue weighted by Gasteiger charge is 2.26. The van der Waals surface area contributed by atoms with Crippen molar-refractivity contribution in [1.82, 2.24) is 14.9 Å². The molecule has 0 bridgehead atoms. The summed E-state index contributed by atoms with van der Waals surface area (Å²) in [5.74, 6) is 0.0509. The van der Waals surface area contributed by atoms with E-state index in [1.165, 1.54) is 0 Å². The van der Waals surface area contributed by atoms with E-state index in [4.69, 9.17) is 4.74 Å². The maximum Gasteiger partial charge on any atom is 0.316 e. The lowest BCUT2D eigenvalue weighted by Crippen LogP contribution is -2.44. The summed E-state index contributed by atoms with van der Waals surface area (Å²) in [5.41, 5.74) is 1.87. The van der Waals surface area contributed by atoms with Crippen LogP contribution in [0.4, 0.5) is 0 Å². The lowest BCUT2D eigenvalue weighted by molar-refractivity contribution is 0.0515. The van der Waals surface area contributed by atoms with Crippen LogP contribution >= 0.6 is 15.9 Å². The number of rotatable bonds is 3. The largest absolute Gasteiger partial charge is 0.458 e. The first-order valence-electron chi connectivity index (χ1n) is 7.62. The Bertz CT molecular complexity index is 673. The van der Waals surface area contributed by atoms with Crippen molar-refractivity contribution < 1.29 is 9.53 Å². The van der Waals surface area contributed by atoms with Gasteiger partial charge >= 0.3 is 6.01 Å². The predicted molar refractivity (Wildman–Crippen MR) is 90.5 cm³/mol. The third-order valence-corrected chi connectivity index (χ3v) is 4.24. The number of hydrogen-bond acceptors (Lipinski definition) is 4. The van der Waals surface area contributed by atoms with E-state index >= 15 is 0 Å². The first-order chi connectivity index (χ1) is 11.1. The Balaban J connectivity index is 1.64. The molecule has 1 fully saturated rings. The van der Waals surface area contributed by atoms with E-state index in [1.807, 2.05) is 36.1 Å². The maximum absolute atomic E-state index is 12.6. The molecule has 0 aliphatic carbocycles. The Kier molecular flexibility index (Phi) is 4.91. The molecule has 2 aromatic rings. The highest BCUT2D eigenvalue weighted by atomic mass is 79.9. The van der Waals surface area contributed by atoms with Gasteiger partial charge in [0.25, 0.3) is 5.91 Å². The molecular formula is C17H18BrN3O2. The second-order valence-electron chi connectivity index (χ2n) is 5.68. The van der Waals surface area contributed by atoms with Gasteiger partial charge in [-0.1, -0.05) is 17.7 Å². The van der Waals surface area contributed by atoms with E-state index in [0.29, 0.717) is 12.6 Å². The molecule has 1 amide bonds. The Morgan fingerprint density at radius 1 is 1.26 bits per heavy atom. The minimum absolute atomic E-state index is 0.0509. The van der Waals surface area contributed by atoms with Crippen molar-refractivity contribution in [3.05, 3.63) is 52.3 Å². The summed E-state index contributed by atoms with van der Waals surface area (Å²) < 4.78 is 6.62. The number of hydrogen-bond donors (Lipinski definition) is 0. The molecule has 1 atom stereocenters. The summed E-state index contributed by atoms with van der Waals surface area (Å²) in [6.45, 7) is 3.33. The number of piperidine rings is 1. The standard InChI is InChI=1S/C17H18BrN3O2/c1-12-4-6-13(7-5-12)16(22)21-8-2-3-15(11-21)23-17-19-9-14(18)10-20-17/h4-7,9-10,15H,2-3,8,11H2,1H3. The molecule has 0 N–H and O–H groups in total. The van der Waals surface area contributed by atoms with Crippen LogP contribution in [0.2, 0.25) is 0 Å². The first-order valence-corrected chi connectivity index (χ1v) is 8.41. The number of benzene rings is 1. The molecule has 23 heavy (non-hydrogen) atoms. The third kappa shape index (κ3) is 4.07. The quantitative estimate of drug-likeness (QED) is 0.826. The number of ether oxygens (including phenoxy) is 1. The van der Waals surface area contributed by atoms with Crippen LogP contribution in [0.15, 0.2) is 41.1 Å². The number of amides is 1. The normalized spacial score (nSPS) is 17.8. The van der Waals surface area contributed by atoms with Crippen LogP contribution in [0.3, 0.4) is 0 Å². The fourth-order valence-electron chi connectivity index (χ4n) is 2.61. The molecule has 6 heteroatoms. The van der Waals surface area contributed by atoms with Gasteiger partial charge in [0.1, 0.15) is 6.10 Å². The summed E-state index contributed by atoms with van der Waals surface area (Å²) in [5, 5.41) is 0. The van der Waals surface area contributed by atoms with Gasteiger partial charge in [-0.05, 0) is 47.8 Å². The zero-order chi connectivity index (χ0) is 16.2. The molecule has 120 valence electrons. The highest BCUT2D eigenvalue weighted by Crippen LogP contribution is 2.18. The van der Waals surface area contributed by atoms with Gasteiger partial charge in [-0.2, -0.15) is 0 Å². The van der Waals surface area contributed by atoms with Crippen LogP contribution in [0.25, 0.3) is 0 Å². The highest BCUT2D eigenvalue weighted by molar-refractivity contribution is 9.10. The Morgan fingerprint density at radius 2 is 1.96 bits per heavy atom. The molecule has 0 spiro atoms. The van der Waals surface area contributed by atoms with Gasteiger partial charge in [0, 0.05) is 24.5 Å². The van der Waals surface area contributed by atoms with Gasteiger partial charge in [-0.3, -0.25) is 4.79 Å². The maximum atomic E-state index is 12.6. The van der Waals surface area contributed by atoms with Crippen molar-refractivity contribution in [3.63, 3.8) is 0 Å². The van der Waals surface area contributed by atoms with Crippen molar-refractivity contribution in [2.45, 2.75) is 25.9 Å². The zero-order valence-electron chi connectivity index (χ0n) is 12.9.